The second kappa shape index (κ2) is 7.84. The van der Waals surface area contributed by atoms with Crippen molar-refractivity contribution in [1.82, 2.24) is 9.62 Å². The number of nitrogens with one attached hydrogen (secondary N) is 1. The summed E-state index contributed by atoms with van der Waals surface area (Å²) in [6, 6.07) is 3.53. The molecule has 134 valence electrons. The molecule has 0 spiro atoms. The quantitative estimate of drug-likeness (QED) is 0.593. The lowest BCUT2D eigenvalue weighted by atomic mass is 9.85. The Hall–Kier alpha value is -1.12. The lowest BCUT2D eigenvalue weighted by molar-refractivity contribution is 0.315. The molecule has 2 aliphatic rings. The van der Waals surface area contributed by atoms with Crippen LogP contribution in [-0.4, -0.2) is 38.3 Å². The van der Waals surface area contributed by atoms with Crippen LogP contribution in [0.2, 0.25) is 0 Å². The van der Waals surface area contributed by atoms with E-state index in [4.69, 9.17) is 5.73 Å². The number of hydrogen-bond acceptors (Lipinski definition) is 4. The summed E-state index contributed by atoms with van der Waals surface area (Å²) in [4.78, 5) is 5.23. The van der Waals surface area contributed by atoms with Crippen LogP contribution in [0.25, 0.3) is 0 Å². The molecular weight excluding hydrogens is 344 g/mol. The van der Waals surface area contributed by atoms with Crippen LogP contribution >= 0.6 is 11.3 Å². The van der Waals surface area contributed by atoms with Crippen molar-refractivity contribution in [3.05, 3.63) is 17.0 Å². The molecule has 6 nitrogen and oxygen atoms in total. The van der Waals surface area contributed by atoms with Crippen LogP contribution < -0.4 is 11.1 Å². The molecule has 1 aliphatic carbocycles. The van der Waals surface area contributed by atoms with Crippen molar-refractivity contribution in [2.75, 3.05) is 19.6 Å². The monoisotopic (exact) mass is 370 g/mol. The molecule has 1 saturated heterocycles. The Bertz CT molecular complexity index is 674. The first kappa shape index (κ1) is 17.7. The maximum atomic E-state index is 12.6. The number of rotatable bonds is 6. The van der Waals surface area contributed by atoms with Crippen molar-refractivity contribution in [3.8, 4) is 0 Å². The van der Waals surface area contributed by atoms with E-state index in [0.717, 1.165) is 36.6 Å². The first-order chi connectivity index (χ1) is 11.6. The molecule has 0 unspecified atom stereocenters. The molecular formula is C16H26N4O2S2. The summed E-state index contributed by atoms with van der Waals surface area (Å²) in [5, 5.41) is 3.15. The molecule has 1 aliphatic heterocycles. The number of thiophene rings is 1. The number of nitrogens with two attached hydrogens (primary N) is 1. The van der Waals surface area contributed by atoms with Gasteiger partial charge in [-0.3, -0.25) is 0 Å². The zero-order chi connectivity index (χ0) is 17.0. The summed E-state index contributed by atoms with van der Waals surface area (Å²) >= 11 is 1.30. The standard InChI is InChI=1S/C16H26N4O2S2/c17-16(18-11-13-5-4-6-13)19-12-14-7-8-15(23-14)24(21,22)20-9-2-1-3-10-20/h7-8,13H,1-6,9-12H2,(H3,17,18,19). The Morgan fingerprint density at radius 2 is 2.00 bits per heavy atom. The van der Waals surface area contributed by atoms with Gasteiger partial charge in [-0.25, -0.2) is 13.4 Å². The predicted molar refractivity (Wildman–Crippen MR) is 97.6 cm³/mol. The van der Waals surface area contributed by atoms with Crippen LogP contribution in [0.1, 0.15) is 43.4 Å². The fourth-order valence-electron chi connectivity index (χ4n) is 2.98. The topological polar surface area (TPSA) is 87.8 Å². The SMILES string of the molecule is NC(=NCc1ccc(S(=O)(=O)N2CCCCC2)s1)NCC1CCC1. The second-order valence-electron chi connectivity index (χ2n) is 6.56. The van der Waals surface area contributed by atoms with Crippen LogP contribution in [0.15, 0.2) is 21.3 Å². The number of guanidine groups is 1. The Kier molecular flexibility index (Phi) is 5.78. The van der Waals surface area contributed by atoms with E-state index in [2.05, 4.69) is 10.3 Å². The molecule has 24 heavy (non-hydrogen) atoms. The highest BCUT2D eigenvalue weighted by Crippen LogP contribution is 2.27. The number of sulfonamides is 1. The van der Waals surface area contributed by atoms with Crippen molar-refractivity contribution in [2.45, 2.75) is 49.3 Å². The van der Waals surface area contributed by atoms with Gasteiger partial charge in [0.1, 0.15) is 4.21 Å². The van der Waals surface area contributed by atoms with Gasteiger partial charge in [-0.2, -0.15) is 4.31 Å². The van der Waals surface area contributed by atoms with E-state index >= 15 is 0 Å². The van der Waals surface area contributed by atoms with Crippen LogP contribution in [-0.2, 0) is 16.6 Å². The largest absolute Gasteiger partial charge is 0.370 e. The van der Waals surface area contributed by atoms with Crippen molar-refractivity contribution >= 4 is 27.3 Å². The molecule has 2 fully saturated rings. The fraction of sp³-hybridized carbons (Fsp3) is 0.688. The zero-order valence-electron chi connectivity index (χ0n) is 13.9. The number of aliphatic imine (C=N–C) groups is 1. The van der Waals surface area contributed by atoms with E-state index in [1.165, 1.54) is 30.6 Å². The van der Waals surface area contributed by atoms with Crippen LogP contribution in [0.5, 0.6) is 0 Å². The zero-order valence-corrected chi connectivity index (χ0v) is 15.5. The normalized spacial score (nSPS) is 20.8. The van der Waals surface area contributed by atoms with E-state index in [0.29, 0.717) is 29.8 Å². The van der Waals surface area contributed by atoms with E-state index in [9.17, 15) is 8.42 Å². The van der Waals surface area contributed by atoms with Gasteiger partial charge in [-0.15, -0.1) is 11.3 Å². The van der Waals surface area contributed by atoms with Crippen molar-refractivity contribution in [3.63, 3.8) is 0 Å². The third kappa shape index (κ3) is 4.29. The molecule has 1 saturated carbocycles. The maximum Gasteiger partial charge on any atom is 0.252 e. The minimum Gasteiger partial charge on any atom is -0.370 e. The summed E-state index contributed by atoms with van der Waals surface area (Å²) in [6.07, 6.45) is 6.86. The molecule has 8 heteroatoms. The summed E-state index contributed by atoms with van der Waals surface area (Å²) in [5.74, 6) is 1.16. The second-order valence-corrected chi connectivity index (χ2v) is 9.90. The molecule has 0 radical (unpaired) electrons. The van der Waals surface area contributed by atoms with Gasteiger partial charge in [-0.1, -0.05) is 12.8 Å². The maximum absolute atomic E-state index is 12.6. The molecule has 0 atom stereocenters. The van der Waals surface area contributed by atoms with Crippen molar-refractivity contribution in [1.29, 1.82) is 0 Å². The molecule has 1 aromatic rings. The summed E-state index contributed by atoms with van der Waals surface area (Å²) in [7, 11) is -3.34. The smallest absolute Gasteiger partial charge is 0.252 e. The molecule has 1 aromatic heterocycles. The van der Waals surface area contributed by atoms with Crippen molar-refractivity contribution in [2.24, 2.45) is 16.6 Å². The molecule has 0 amide bonds. The first-order valence-corrected chi connectivity index (χ1v) is 10.9. The van der Waals surface area contributed by atoms with Gasteiger partial charge in [-0.05, 0) is 43.7 Å². The van der Waals surface area contributed by atoms with Gasteiger partial charge in [0.25, 0.3) is 10.0 Å². The molecule has 3 rings (SSSR count). The van der Waals surface area contributed by atoms with Gasteiger partial charge in [0.05, 0.1) is 6.54 Å². The minimum atomic E-state index is -3.34. The summed E-state index contributed by atoms with van der Waals surface area (Å²) in [6.45, 7) is 2.57. The minimum absolute atomic E-state index is 0.413. The first-order valence-electron chi connectivity index (χ1n) is 8.68. The Morgan fingerprint density at radius 1 is 1.25 bits per heavy atom. The van der Waals surface area contributed by atoms with Gasteiger partial charge >= 0.3 is 0 Å². The number of hydrogen-bond donors (Lipinski definition) is 2. The molecule has 0 bridgehead atoms. The van der Waals surface area contributed by atoms with Crippen molar-refractivity contribution < 1.29 is 8.42 Å². The van der Waals surface area contributed by atoms with Gasteiger partial charge in [0.2, 0.25) is 0 Å². The Balaban J connectivity index is 1.56. The average molecular weight is 371 g/mol. The predicted octanol–water partition coefficient (Wildman–Crippen LogP) is 2.13. The van der Waals surface area contributed by atoms with E-state index in [-0.39, 0.29) is 0 Å². The number of piperidine rings is 1. The third-order valence-electron chi connectivity index (χ3n) is 4.75. The van der Waals surface area contributed by atoms with E-state index in [1.54, 1.807) is 10.4 Å². The van der Waals surface area contributed by atoms with E-state index < -0.39 is 10.0 Å². The Morgan fingerprint density at radius 3 is 2.67 bits per heavy atom. The van der Waals surface area contributed by atoms with E-state index in [1.807, 2.05) is 6.07 Å². The van der Waals surface area contributed by atoms with Crippen LogP contribution in [0, 0.1) is 5.92 Å². The van der Waals surface area contributed by atoms with Gasteiger partial charge < -0.3 is 11.1 Å². The molecule has 0 aromatic carbocycles. The average Bonchev–Trinajstić information content (AvgIpc) is 3.02. The van der Waals surface area contributed by atoms with Crippen LogP contribution in [0.3, 0.4) is 0 Å². The lowest BCUT2D eigenvalue weighted by Crippen LogP contribution is -2.37. The highest BCUT2D eigenvalue weighted by Gasteiger charge is 2.27. The number of nitrogens with zero attached hydrogens (tertiary/aromatic N) is 2. The molecule has 3 N–H and O–H groups in total. The lowest BCUT2D eigenvalue weighted by Gasteiger charge is -2.25. The fourth-order valence-corrected chi connectivity index (χ4v) is 5.93. The third-order valence-corrected chi connectivity index (χ3v) is 8.18. The van der Waals surface area contributed by atoms with Gasteiger partial charge in [0.15, 0.2) is 5.96 Å². The highest BCUT2D eigenvalue weighted by atomic mass is 32.2. The summed E-state index contributed by atoms with van der Waals surface area (Å²) < 4.78 is 27.3. The molecule has 2 heterocycles. The Labute approximate surface area is 148 Å². The summed E-state index contributed by atoms with van der Waals surface area (Å²) in [5.41, 5.74) is 5.88. The highest BCUT2D eigenvalue weighted by molar-refractivity contribution is 7.91. The van der Waals surface area contributed by atoms with Crippen LogP contribution in [0.4, 0.5) is 0 Å². The van der Waals surface area contributed by atoms with Gasteiger partial charge in [0, 0.05) is 24.5 Å².